The van der Waals surface area contributed by atoms with Crippen molar-refractivity contribution in [1.29, 1.82) is 0 Å². The molecule has 0 heterocycles. The standard InChI is InChI=1S/C20H26/c1-2-6-18-17(4-1)5-3-7-19(18)20-11-14-8-15(12-20)10-16(9-14)13-20/h1-2,4,6,14-16,19H,3,5,7-13H2/t14?,15?,16?,19-,20?/m0/s1. The summed E-state index contributed by atoms with van der Waals surface area (Å²) in [5.74, 6) is 4.18. The average molecular weight is 266 g/mol. The summed E-state index contributed by atoms with van der Waals surface area (Å²) in [7, 11) is 0. The molecule has 4 fully saturated rings. The second-order valence-electron chi connectivity index (χ2n) is 8.42. The molecule has 0 nitrogen and oxygen atoms in total. The highest BCUT2D eigenvalue weighted by atomic mass is 14.6. The Labute approximate surface area is 123 Å². The fourth-order valence-corrected chi connectivity index (χ4v) is 6.99. The van der Waals surface area contributed by atoms with Gasteiger partial charge >= 0.3 is 0 Å². The smallest absolute Gasteiger partial charge is 0.0102 e. The van der Waals surface area contributed by atoms with Crippen molar-refractivity contribution in [3.8, 4) is 0 Å². The first kappa shape index (κ1) is 11.8. The molecule has 1 atom stereocenters. The van der Waals surface area contributed by atoms with Crippen molar-refractivity contribution in [1.82, 2.24) is 0 Å². The van der Waals surface area contributed by atoms with Crippen LogP contribution in [0.3, 0.4) is 0 Å². The van der Waals surface area contributed by atoms with Crippen LogP contribution in [0.25, 0.3) is 0 Å². The van der Waals surface area contributed by atoms with Crippen molar-refractivity contribution in [3.05, 3.63) is 35.4 Å². The van der Waals surface area contributed by atoms with E-state index in [0.29, 0.717) is 5.41 Å². The van der Waals surface area contributed by atoms with Gasteiger partial charge in [-0.25, -0.2) is 0 Å². The van der Waals surface area contributed by atoms with Crippen molar-refractivity contribution >= 4 is 0 Å². The zero-order valence-corrected chi connectivity index (χ0v) is 12.5. The molecule has 0 aliphatic heterocycles. The summed E-state index contributed by atoms with van der Waals surface area (Å²) < 4.78 is 0. The van der Waals surface area contributed by atoms with Crippen molar-refractivity contribution < 1.29 is 0 Å². The first-order valence-corrected chi connectivity index (χ1v) is 8.90. The van der Waals surface area contributed by atoms with Gasteiger partial charge in [0.2, 0.25) is 0 Å². The summed E-state index contributed by atoms with van der Waals surface area (Å²) >= 11 is 0. The topological polar surface area (TPSA) is 0 Å². The monoisotopic (exact) mass is 266 g/mol. The molecular weight excluding hydrogens is 240 g/mol. The molecule has 4 saturated carbocycles. The molecule has 0 amide bonds. The molecule has 1 aromatic carbocycles. The molecule has 4 bridgehead atoms. The summed E-state index contributed by atoms with van der Waals surface area (Å²) in [6, 6.07) is 9.41. The van der Waals surface area contributed by atoms with Crippen LogP contribution in [0.4, 0.5) is 0 Å². The first-order valence-electron chi connectivity index (χ1n) is 8.90. The summed E-state index contributed by atoms with van der Waals surface area (Å²) in [5.41, 5.74) is 4.14. The van der Waals surface area contributed by atoms with Crippen LogP contribution in [-0.4, -0.2) is 0 Å². The lowest BCUT2D eigenvalue weighted by molar-refractivity contribution is -0.0714. The molecular formula is C20H26. The maximum Gasteiger partial charge on any atom is -0.0102 e. The Bertz CT molecular complexity index is 491. The minimum Gasteiger partial charge on any atom is -0.0620 e. The Balaban J connectivity index is 1.57. The second kappa shape index (κ2) is 4.12. The van der Waals surface area contributed by atoms with E-state index in [1.807, 2.05) is 0 Å². The lowest BCUT2D eigenvalue weighted by Crippen LogP contribution is -2.49. The van der Waals surface area contributed by atoms with Gasteiger partial charge in [-0.2, -0.15) is 0 Å². The van der Waals surface area contributed by atoms with Crippen LogP contribution < -0.4 is 0 Å². The molecule has 0 saturated heterocycles. The predicted octanol–water partition coefficient (Wildman–Crippen LogP) is 5.32. The van der Waals surface area contributed by atoms with E-state index >= 15 is 0 Å². The number of fused-ring (bicyclic) bond motifs is 1. The van der Waals surface area contributed by atoms with Crippen LogP contribution in [0.5, 0.6) is 0 Å². The van der Waals surface area contributed by atoms with Gasteiger partial charge in [0, 0.05) is 0 Å². The molecule has 106 valence electrons. The summed E-state index contributed by atoms with van der Waals surface area (Å²) in [5, 5.41) is 0. The second-order valence-corrected chi connectivity index (χ2v) is 8.42. The van der Waals surface area contributed by atoms with E-state index < -0.39 is 0 Å². The quantitative estimate of drug-likeness (QED) is 0.645. The molecule has 0 radical (unpaired) electrons. The van der Waals surface area contributed by atoms with Crippen LogP contribution in [0.2, 0.25) is 0 Å². The third kappa shape index (κ3) is 1.60. The van der Waals surface area contributed by atoms with Gasteiger partial charge in [-0.05, 0) is 98.0 Å². The van der Waals surface area contributed by atoms with Crippen molar-refractivity contribution in [2.45, 2.75) is 63.7 Å². The molecule has 0 heteroatoms. The normalized spacial score (nSPS) is 45.4. The van der Waals surface area contributed by atoms with Crippen molar-refractivity contribution in [2.75, 3.05) is 0 Å². The van der Waals surface area contributed by atoms with Gasteiger partial charge < -0.3 is 0 Å². The van der Waals surface area contributed by atoms with E-state index in [1.54, 1.807) is 49.7 Å². The van der Waals surface area contributed by atoms with Crippen molar-refractivity contribution in [2.24, 2.45) is 23.2 Å². The van der Waals surface area contributed by atoms with Gasteiger partial charge in [-0.3, -0.25) is 0 Å². The molecule has 0 spiro atoms. The highest BCUT2D eigenvalue weighted by Gasteiger charge is 2.54. The molecule has 0 aromatic heterocycles. The number of rotatable bonds is 1. The lowest BCUT2D eigenvalue weighted by Gasteiger charge is -2.60. The molecule has 6 rings (SSSR count). The highest BCUT2D eigenvalue weighted by molar-refractivity contribution is 5.35. The minimum absolute atomic E-state index is 0.714. The first-order chi connectivity index (χ1) is 9.82. The molecule has 0 N–H and O–H groups in total. The van der Waals surface area contributed by atoms with Gasteiger partial charge in [0.25, 0.3) is 0 Å². The summed E-state index contributed by atoms with van der Waals surface area (Å²) in [6.07, 6.45) is 13.7. The van der Waals surface area contributed by atoms with Crippen LogP contribution in [-0.2, 0) is 6.42 Å². The third-order valence-electron chi connectivity index (χ3n) is 7.19. The Morgan fingerprint density at radius 2 is 1.50 bits per heavy atom. The third-order valence-corrected chi connectivity index (χ3v) is 7.19. The minimum atomic E-state index is 0.714. The van der Waals surface area contributed by atoms with Gasteiger partial charge in [0.1, 0.15) is 0 Å². The van der Waals surface area contributed by atoms with E-state index in [0.717, 1.165) is 23.7 Å². The Hall–Kier alpha value is -0.780. The van der Waals surface area contributed by atoms with Gasteiger partial charge in [0.05, 0.1) is 0 Å². The van der Waals surface area contributed by atoms with Crippen LogP contribution in [0.1, 0.15) is 68.4 Å². The predicted molar refractivity (Wildman–Crippen MR) is 82.7 cm³/mol. The van der Waals surface area contributed by atoms with Gasteiger partial charge in [-0.1, -0.05) is 24.3 Å². The maximum absolute atomic E-state index is 2.47. The Kier molecular flexibility index (Phi) is 2.44. The largest absolute Gasteiger partial charge is 0.0620 e. The van der Waals surface area contributed by atoms with Crippen LogP contribution in [0, 0.1) is 23.2 Å². The molecule has 0 unspecified atom stereocenters. The number of hydrogen-bond acceptors (Lipinski definition) is 0. The fourth-order valence-electron chi connectivity index (χ4n) is 6.99. The maximum atomic E-state index is 2.47. The zero-order chi connectivity index (χ0) is 13.2. The van der Waals surface area contributed by atoms with Gasteiger partial charge in [-0.15, -0.1) is 0 Å². The van der Waals surface area contributed by atoms with E-state index in [4.69, 9.17) is 0 Å². The van der Waals surface area contributed by atoms with Crippen LogP contribution >= 0.6 is 0 Å². The van der Waals surface area contributed by atoms with E-state index in [9.17, 15) is 0 Å². The van der Waals surface area contributed by atoms with E-state index in [1.165, 1.54) is 19.3 Å². The summed E-state index contributed by atoms with van der Waals surface area (Å²) in [4.78, 5) is 0. The van der Waals surface area contributed by atoms with E-state index in [2.05, 4.69) is 24.3 Å². The SMILES string of the molecule is c1ccc2c(c1)CCC[C@@H]2C12CC3CC(CC(C3)C1)C2. The lowest BCUT2D eigenvalue weighted by atomic mass is 9.45. The number of benzene rings is 1. The van der Waals surface area contributed by atoms with E-state index in [-0.39, 0.29) is 0 Å². The van der Waals surface area contributed by atoms with Crippen molar-refractivity contribution in [3.63, 3.8) is 0 Å². The highest BCUT2D eigenvalue weighted by Crippen LogP contribution is 2.66. The summed E-state index contributed by atoms with van der Waals surface area (Å²) in [6.45, 7) is 0. The Morgan fingerprint density at radius 3 is 2.20 bits per heavy atom. The average Bonchev–Trinajstić information content (AvgIpc) is 2.45. The molecule has 1 aromatic rings. The molecule has 5 aliphatic rings. The molecule has 5 aliphatic carbocycles. The zero-order valence-electron chi connectivity index (χ0n) is 12.5. The van der Waals surface area contributed by atoms with Crippen LogP contribution in [0.15, 0.2) is 24.3 Å². The van der Waals surface area contributed by atoms with Gasteiger partial charge in [0.15, 0.2) is 0 Å². The fraction of sp³-hybridized carbons (Fsp3) is 0.700. The number of aryl methyl sites for hydroxylation is 1. The Morgan fingerprint density at radius 1 is 0.850 bits per heavy atom. The number of hydrogen-bond donors (Lipinski definition) is 0. The molecule has 20 heavy (non-hydrogen) atoms.